The summed E-state index contributed by atoms with van der Waals surface area (Å²) in [6.07, 6.45) is 3.76. The topological polar surface area (TPSA) is 66.9 Å². The molecule has 1 aromatic carbocycles. The molecule has 0 unspecified atom stereocenters. The number of carbonyl (C=O) groups excluding carboxylic acids is 1. The molecule has 0 bridgehead atoms. The predicted molar refractivity (Wildman–Crippen MR) is 96.1 cm³/mol. The van der Waals surface area contributed by atoms with Crippen LogP contribution in [0.5, 0.6) is 5.75 Å². The third-order valence-corrected chi connectivity index (χ3v) is 6.63. The lowest BCUT2D eigenvalue weighted by Crippen LogP contribution is -2.51. The fourth-order valence-corrected chi connectivity index (χ4v) is 4.70. The summed E-state index contributed by atoms with van der Waals surface area (Å²) in [5, 5.41) is 0. The van der Waals surface area contributed by atoms with Gasteiger partial charge in [0, 0.05) is 52.4 Å². The van der Waals surface area contributed by atoms with Crippen LogP contribution in [0.25, 0.3) is 0 Å². The van der Waals surface area contributed by atoms with E-state index in [2.05, 4.69) is 0 Å². The number of benzene rings is 1. The molecule has 25 heavy (non-hydrogen) atoms. The Kier molecular flexibility index (Phi) is 4.81. The van der Waals surface area contributed by atoms with Gasteiger partial charge in [-0.15, -0.1) is 0 Å². The number of carbonyl (C=O) groups is 1. The quantitative estimate of drug-likeness (QED) is 0.818. The summed E-state index contributed by atoms with van der Waals surface area (Å²) >= 11 is 0. The van der Waals surface area contributed by atoms with Crippen LogP contribution < -0.4 is 4.74 Å². The van der Waals surface area contributed by atoms with Crippen molar-refractivity contribution >= 4 is 15.9 Å². The molecule has 138 valence electrons. The fourth-order valence-electron chi connectivity index (χ4n) is 3.85. The van der Waals surface area contributed by atoms with E-state index in [0.717, 1.165) is 17.7 Å². The van der Waals surface area contributed by atoms with Crippen molar-refractivity contribution in [2.45, 2.75) is 37.2 Å². The van der Waals surface area contributed by atoms with Crippen molar-refractivity contribution in [3.05, 3.63) is 29.8 Å². The number of hydrogen-bond acceptors (Lipinski definition) is 4. The molecule has 1 fully saturated rings. The summed E-state index contributed by atoms with van der Waals surface area (Å²) < 4.78 is 31.4. The summed E-state index contributed by atoms with van der Waals surface area (Å²) in [4.78, 5) is 13.9. The van der Waals surface area contributed by atoms with Gasteiger partial charge in [-0.2, -0.15) is 0 Å². The maximum Gasteiger partial charge on any atom is 0.222 e. The number of amides is 1. The Morgan fingerprint density at radius 3 is 2.52 bits per heavy atom. The molecule has 0 saturated carbocycles. The first-order valence-electron chi connectivity index (χ1n) is 8.63. The number of para-hydroxylation sites is 1. The van der Waals surface area contributed by atoms with Gasteiger partial charge in [-0.25, -0.2) is 12.7 Å². The van der Waals surface area contributed by atoms with Crippen molar-refractivity contribution in [2.24, 2.45) is 0 Å². The summed E-state index contributed by atoms with van der Waals surface area (Å²) in [6.45, 7) is 0.935. The molecule has 6 nitrogen and oxygen atoms in total. The molecule has 0 aromatic heterocycles. The van der Waals surface area contributed by atoms with E-state index in [4.69, 9.17) is 4.74 Å². The number of rotatable bonds is 3. The van der Waals surface area contributed by atoms with Gasteiger partial charge < -0.3 is 9.64 Å². The van der Waals surface area contributed by atoms with Crippen LogP contribution in [0.4, 0.5) is 0 Å². The van der Waals surface area contributed by atoms with Crippen molar-refractivity contribution in [3.63, 3.8) is 0 Å². The Labute approximate surface area is 149 Å². The molecule has 1 amide bonds. The lowest BCUT2D eigenvalue weighted by molar-refractivity contribution is -0.129. The molecule has 1 spiro atoms. The van der Waals surface area contributed by atoms with Crippen LogP contribution in [0.1, 0.15) is 37.2 Å². The lowest BCUT2D eigenvalue weighted by atomic mass is 9.76. The average Bonchev–Trinajstić information content (AvgIpc) is 2.54. The van der Waals surface area contributed by atoms with Crippen LogP contribution in [0.15, 0.2) is 24.3 Å². The summed E-state index contributed by atoms with van der Waals surface area (Å²) in [6, 6.07) is 7.89. The monoisotopic (exact) mass is 366 g/mol. The molecule has 1 aromatic rings. The third-order valence-electron chi connectivity index (χ3n) is 5.33. The highest BCUT2D eigenvalue weighted by atomic mass is 32.2. The second kappa shape index (κ2) is 6.61. The number of piperidine rings is 1. The highest BCUT2D eigenvalue weighted by molar-refractivity contribution is 7.88. The van der Waals surface area contributed by atoms with Gasteiger partial charge in [0.25, 0.3) is 0 Å². The minimum absolute atomic E-state index is 0.102. The normalized spacial score (nSPS) is 22.9. The zero-order valence-corrected chi connectivity index (χ0v) is 15.9. The average molecular weight is 366 g/mol. The molecule has 2 heterocycles. The van der Waals surface area contributed by atoms with Crippen LogP contribution in [0, 0.1) is 0 Å². The highest BCUT2D eigenvalue weighted by Crippen LogP contribution is 2.46. The second-order valence-electron chi connectivity index (χ2n) is 7.38. The van der Waals surface area contributed by atoms with Crippen molar-refractivity contribution in [2.75, 3.05) is 33.4 Å². The molecule has 2 aliphatic rings. The molecule has 0 radical (unpaired) electrons. The third kappa shape index (κ3) is 3.82. The van der Waals surface area contributed by atoms with Crippen LogP contribution >= 0.6 is 0 Å². The smallest absolute Gasteiger partial charge is 0.222 e. The van der Waals surface area contributed by atoms with E-state index < -0.39 is 10.0 Å². The van der Waals surface area contributed by atoms with Gasteiger partial charge in [-0.1, -0.05) is 18.2 Å². The Balaban J connectivity index is 1.83. The van der Waals surface area contributed by atoms with Crippen molar-refractivity contribution in [3.8, 4) is 5.75 Å². The number of sulfonamides is 1. The van der Waals surface area contributed by atoms with Crippen LogP contribution in [-0.4, -0.2) is 62.6 Å². The lowest BCUT2D eigenvalue weighted by Gasteiger charge is -2.46. The standard InChI is InChI=1S/C18H26N2O4S/c1-19(2)17(21)12-14-13-18(24-16-7-5-4-6-15(14)16)8-10-20(11-9-18)25(3,22)23/h4-7,14H,8-13H2,1-3H3/t14-/m1/s1. The number of hydrogen-bond donors (Lipinski definition) is 0. The van der Waals surface area contributed by atoms with Gasteiger partial charge >= 0.3 is 0 Å². The van der Waals surface area contributed by atoms with E-state index >= 15 is 0 Å². The molecular formula is C18H26N2O4S. The van der Waals surface area contributed by atoms with Crippen LogP contribution in [-0.2, 0) is 14.8 Å². The highest BCUT2D eigenvalue weighted by Gasteiger charge is 2.44. The first-order chi connectivity index (χ1) is 11.7. The maximum absolute atomic E-state index is 12.3. The fraction of sp³-hybridized carbons (Fsp3) is 0.611. The molecule has 1 saturated heterocycles. The van der Waals surface area contributed by atoms with Crippen molar-refractivity contribution < 1.29 is 17.9 Å². The molecule has 0 aliphatic carbocycles. The Morgan fingerprint density at radius 1 is 1.28 bits per heavy atom. The van der Waals surface area contributed by atoms with E-state index in [-0.39, 0.29) is 17.4 Å². The van der Waals surface area contributed by atoms with Crippen molar-refractivity contribution in [1.29, 1.82) is 0 Å². The Hall–Kier alpha value is -1.60. The van der Waals surface area contributed by atoms with Gasteiger partial charge in [0.1, 0.15) is 11.4 Å². The van der Waals surface area contributed by atoms with E-state index in [1.807, 2.05) is 24.3 Å². The molecule has 0 N–H and O–H groups in total. The SMILES string of the molecule is CN(C)C(=O)C[C@@H]1CC2(CCN(S(C)(=O)=O)CC2)Oc2ccccc21. The maximum atomic E-state index is 12.3. The zero-order valence-electron chi connectivity index (χ0n) is 15.1. The van der Waals surface area contributed by atoms with E-state index in [9.17, 15) is 13.2 Å². The number of fused-ring (bicyclic) bond motifs is 1. The minimum Gasteiger partial charge on any atom is -0.487 e. The zero-order chi connectivity index (χ0) is 18.2. The largest absolute Gasteiger partial charge is 0.487 e. The van der Waals surface area contributed by atoms with E-state index in [1.165, 1.54) is 10.6 Å². The first-order valence-corrected chi connectivity index (χ1v) is 10.5. The number of ether oxygens (including phenoxy) is 1. The number of nitrogens with zero attached hydrogens (tertiary/aromatic N) is 2. The van der Waals surface area contributed by atoms with Crippen molar-refractivity contribution in [1.82, 2.24) is 9.21 Å². The van der Waals surface area contributed by atoms with E-state index in [0.29, 0.717) is 32.4 Å². The summed E-state index contributed by atoms with van der Waals surface area (Å²) in [7, 11) is 0.375. The minimum atomic E-state index is -3.17. The van der Waals surface area contributed by atoms with Gasteiger partial charge in [0.15, 0.2) is 0 Å². The molecule has 2 aliphatic heterocycles. The molecule has 7 heteroatoms. The van der Waals surface area contributed by atoms with Gasteiger partial charge in [0.05, 0.1) is 6.26 Å². The second-order valence-corrected chi connectivity index (χ2v) is 9.36. The predicted octanol–water partition coefficient (Wildman–Crippen LogP) is 1.83. The Bertz CT molecular complexity index is 752. The van der Waals surface area contributed by atoms with Gasteiger partial charge in [-0.05, 0) is 18.1 Å². The first kappa shape index (κ1) is 18.2. The Morgan fingerprint density at radius 2 is 1.92 bits per heavy atom. The molecule has 3 rings (SSSR count). The molecular weight excluding hydrogens is 340 g/mol. The van der Waals surface area contributed by atoms with Crippen LogP contribution in [0.2, 0.25) is 0 Å². The summed E-state index contributed by atoms with van der Waals surface area (Å²) in [5.41, 5.74) is 0.696. The van der Waals surface area contributed by atoms with E-state index in [1.54, 1.807) is 19.0 Å². The van der Waals surface area contributed by atoms with Gasteiger partial charge in [-0.3, -0.25) is 4.79 Å². The molecule has 1 atom stereocenters. The van der Waals surface area contributed by atoms with Gasteiger partial charge in [0.2, 0.25) is 15.9 Å². The summed E-state index contributed by atoms with van der Waals surface area (Å²) in [5.74, 6) is 1.04. The van der Waals surface area contributed by atoms with Crippen LogP contribution in [0.3, 0.4) is 0 Å².